The fourth-order valence-corrected chi connectivity index (χ4v) is 4.92. The molecule has 0 aromatic carbocycles. The Morgan fingerprint density at radius 1 is 1.12 bits per heavy atom. The first kappa shape index (κ1) is 16.2. The monoisotopic (exact) mass is 369 g/mol. The molecule has 3 aromatic rings. The van der Waals surface area contributed by atoms with Crippen LogP contribution in [0.5, 0.6) is 0 Å². The molecule has 7 heteroatoms. The summed E-state index contributed by atoms with van der Waals surface area (Å²) in [7, 11) is 0. The van der Waals surface area contributed by atoms with Gasteiger partial charge in [-0.1, -0.05) is 0 Å². The number of fused-ring (bicyclic) bond motifs is 1. The summed E-state index contributed by atoms with van der Waals surface area (Å²) in [5, 5.41) is 4.67. The molecule has 0 N–H and O–H groups in total. The van der Waals surface area contributed by atoms with Gasteiger partial charge in [-0.25, -0.2) is 9.50 Å². The Hall–Kier alpha value is -1.96. The highest BCUT2D eigenvalue weighted by molar-refractivity contribution is 7.12. The molecule has 1 atom stereocenters. The molecule has 6 nitrogen and oxygen atoms in total. The SMILES string of the molecule is c1cn2nc(N3CCN(Cc4ccc([C@H]5CCCO5)s4)CC3)ccc2n1. The van der Waals surface area contributed by atoms with Gasteiger partial charge in [0.1, 0.15) is 5.82 Å². The molecule has 0 bridgehead atoms. The number of ether oxygens (including phenoxy) is 1. The number of thiophene rings is 1. The van der Waals surface area contributed by atoms with E-state index in [1.165, 1.54) is 22.6 Å². The maximum atomic E-state index is 5.81. The lowest BCUT2D eigenvalue weighted by Crippen LogP contribution is -2.46. The zero-order valence-electron chi connectivity index (χ0n) is 14.8. The summed E-state index contributed by atoms with van der Waals surface area (Å²) >= 11 is 1.92. The van der Waals surface area contributed by atoms with Gasteiger partial charge in [0, 0.05) is 61.5 Å². The summed E-state index contributed by atoms with van der Waals surface area (Å²) in [6.07, 6.45) is 6.40. The molecule has 0 saturated carbocycles. The summed E-state index contributed by atoms with van der Waals surface area (Å²) in [6.45, 7) is 6.11. The molecular weight excluding hydrogens is 346 g/mol. The zero-order chi connectivity index (χ0) is 17.3. The second kappa shape index (κ2) is 6.98. The molecule has 2 aliphatic heterocycles. The number of piperazine rings is 1. The van der Waals surface area contributed by atoms with Crippen LogP contribution in [-0.4, -0.2) is 52.3 Å². The van der Waals surface area contributed by atoms with E-state index in [2.05, 4.69) is 38.1 Å². The van der Waals surface area contributed by atoms with Crippen molar-refractivity contribution in [3.63, 3.8) is 0 Å². The minimum absolute atomic E-state index is 0.342. The predicted molar refractivity (Wildman–Crippen MR) is 103 cm³/mol. The molecule has 0 amide bonds. The first-order valence-electron chi connectivity index (χ1n) is 9.33. The van der Waals surface area contributed by atoms with Gasteiger partial charge in [0.2, 0.25) is 0 Å². The smallest absolute Gasteiger partial charge is 0.153 e. The Balaban J connectivity index is 1.19. The highest BCUT2D eigenvalue weighted by Gasteiger charge is 2.22. The number of nitrogens with zero attached hydrogens (tertiary/aromatic N) is 5. The van der Waals surface area contributed by atoms with Crippen LogP contribution in [0, 0.1) is 0 Å². The molecule has 26 heavy (non-hydrogen) atoms. The van der Waals surface area contributed by atoms with Gasteiger partial charge >= 0.3 is 0 Å². The van der Waals surface area contributed by atoms with E-state index in [4.69, 9.17) is 4.74 Å². The van der Waals surface area contributed by atoms with Crippen LogP contribution in [0.15, 0.2) is 36.7 Å². The average Bonchev–Trinajstić information content (AvgIpc) is 3.42. The molecule has 2 fully saturated rings. The summed E-state index contributed by atoms with van der Waals surface area (Å²) in [6, 6.07) is 8.65. The largest absolute Gasteiger partial charge is 0.373 e. The minimum Gasteiger partial charge on any atom is -0.373 e. The van der Waals surface area contributed by atoms with Gasteiger partial charge in [0.15, 0.2) is 5.65 Å². The van der Waals surface area contributed by atoms with Gasteiger partial charge in [0.05, 0.1) is 6.10 Å². The average molecular weight is 369 g/mol. The van der Waals surface area contributed by atoms with Crippen molar-refractivity contribution >= 4 is 22.8 Å². The molecule has 136 valence electrons. The quantitative estimate of drug-likeness (QED) is 0.708. The van der Waals surface area contributed by atoms with Crippen LogP contribution < -0.4 is 4.90 Å². The van der Waals surface area contributed by atoms with Crippen molar-refractivity contribution < 1.29 is 4.74 Å². The molecule has 5 rings (SSSR count). The molecule has 0 aliphatic carbocycles. The first-order chi connectivity index (χ1) is 12.8. The van der Waals surface area contributed by atoms with Crippen LogP contribution in [0.2, 0.25) is 0 Å². The van der Waals surface area contributed by atoms with Gasteiger partial charge in [0.25, 0.3) is 0 Å². The summed E-state index contributed by atoms with van der Waals surface area (Å²) < 4.78 is 7.65. The third-order valence-corrected chi connectivity index (χ3v) is 6.41. The van der Waals surface area contributed by atoms with Crippen molar-refractivity contribution in [2.24, 2.45) is 0 Å². The summed E-state index contributed by atoms with van der Waals surface area (Å²) in [4.78, 5) is 12.0. The standard InChI is InChI=1S/C19H23N5OS/c1-2-16(25-13-1)17-4-3-15(26-17)14-22-9-11-23(12-10-22)19-6-5-18-20-7-8-24(18)21-19/h3-8,16H,1-2,9-14H2/t16-/m1/s1. The van der Waals surface area contributed by atoms with Crippen molar-refractivity contribution in [2.75, 3.05) is 37.7 Å². The molecule has 5 heterocycles. The van der Waals surface area contributed by atoms with E-state index in [0.717, 1.165) is 50.8 Å². The Morgan fingerprint density at radius 2 is 2.04 bits per heavy atom. The minimum atomic E-state index is 0.342. The molecule has 2 saturated heterocycles. The topological polar surface area (TPSA) is 45.9 Å². The normalized spacial score (nSPS) is 21.7. The lowest BCUT2D eigenvalue weighted by Gasteiger charge is -2.35. The van der Waals surface area contributed by atoms with Gasteiger partial charge < -0.3 is 9.64 Å². The van der Waals surface area contributed by atoms with Crippen LogP contribution in [0.3, 0.4) is 0 Å². The number of rotatable bonds is 4. The fourth-order valence-electron chi connectivity index (χ4n) is 3.78. The fraction of sp³-hybridized carbons (Fsp3) is 0.474. The molecule has 0 radical (unpaired) electrons. The third-order valence-electron chi connectivity index (χ3n) is 5.25. The van der Waals surface area contributed by atoms with Crippen molar-refractivity contribution in [3.8, 4) is 0 Å². The Morgan fingerprint density at radius 3 is 2.88 bits per heavy atom. The van der Waals surface area contributed by atoms with Gasteiger partial charge in [-0.3, -0.25) is 4.90 Å². The lowest BCUT2D eigenvalue weighted by atomic mass is 10.2. The van der Waals surface area contributed by atoms with Crippen molar-refractivity contribution in [2.45, 2.75) is 25.5 Å². The summed E-state index contributed by atoms with van der Waals surface area (Å²) in [5.74, 6) is 1.03. The van der Waals surface area contributed by atoms with Crippen LogP contribution in [0.4, 0.5) is 5.82 Å². The lowest BCUT2D eigenvalue weighted by molar-refractivity contribution is 0.114. The van der Waals surface area contributed by atoms with Crippen LogP contribution >= 0.6 is 11.3 Å². The van der Waals surface area contributed by atoms with Crippen molar-refractivity contribution in [1.29, 1.82) is 0 Å². The highest BCUT2D eigenvalue weighted by atomic mass is 32.1. The maximum Gasteiger partial charge on any atom is 0.153 e. The van der Waals surface area contributed by atoms with Crippen LogP contribution in [0.1, 0.15) is 28.7 Å². The van der Waals surface area contributed by atoms with E-state index < -0.39 is 0 Å². The van der Waals surface area contributed by atoms with E-state index in [1.54, 1.807) is 6.20 Å². The van der Waals surface area contributed by atoms with Gasteiger partial charge in [-0.05, 0) is 37.1 Å². The molecular formula is C19H23N5OS. The molecule has 0 spiro atoms. The number of aromatic nitrogens is 3. The Kier molecular flexibility index (Phi) is 4.36. The van der Waals surface area contributed by atoms with E-state index in [-0.39, 0.29) is 0 Å². The van der Waals surface area contributed by atoms with E-state index >= 15 is 0 Å². The van der Waals surface area contributed by atoms with Crippen molar-refractivity contribution in [1.82, 2.24) is 19.5 Å². The second-order valence-corrected chi connectivity index (χ2v) is 8.19. The van der Waals surface area contributed by atoms with E-state index in [1.807, 2.05) is 28.1 Å². The molecule has 2 aliphatic rings. The number of hydrogen-bond donors (Lipinski definition) is 0. The van der Waals surface area contributed by atoms with Crippen LogP contribution in [0.25, 0.3) is 5.65 Å². The van der Waals surface area contributed by atoms with Crippen molar-refractivity contribution in [3.05, 3.63) is 46.4 Å². The second-order valence-electron chi connectivity index (χ2n) is 6.99. The van der Waals surface area contributed by atoms with Gasteiger partial charge in [-0.2, -0.15) is 0 Å². The maximum absolute atomic E-state index is 5.81. The summed E-state index contributed by atoms with van der Waals surface area (Å²) in [5.41, 5.74) is 0.895. The molecule has 0 unspecified atom stereocenters. The molecule has 3 aromatic heterocycles. The Bertz CT molecular complexity index is 877. The third kappa shape index (κ3) is 3.22. The predicted octanol–water partition coefficient (Wildman–Crippen LogP) is 2.96. The number of anilines is 1. The van der Waals surface area contributed by atoms with Gasteiger partial charge in [-0.15, -0.1) is 16.4 Å². The highest BCUT2D eigenvalue weighted by Crippen LogP contribution is 2.33. The van der Waals surface area contributed by atoms with E-state index in [0.29, 0.717) is 6.10 Å². The first-order valence-corrected chi connectivity index (χ1v) is 10.1. The van der Waals surface area contributed by atoms with Crippen LogP contribution in [-0.2, 0) is 11.3 Å². The van der Waals surface area contributed by atoms with E-state index in [9.17, 15) is 0 Å². The Labute approximate surface area is 157 Å². The number of imidazole rings is 1. The number of hydrogen-bond acceptors (Lipinski definition) is 6. The zero-order valence-corrected chi connectivity index (χ0v) is 15.6.